The van der Waals surface area contributed by atoms with Crippen LogP contribution in [0.15, 0.2) is 42.5 Å². The third kappa shape index (κ3) is 5.86. The molecule has 0 atom stereocenters. The highest BCUT2D eigenvalue weighted by atomic mass is 16.6. The van der Waals surface area contributed by atoms with E-state index >= 15 is 0 Å². The smallest absolute Gasteiger partial charge is 0.325 e. The maximum atomic E-state index is 12.1. The molecular weight excluding hydrogens is 380 g/mol. The lowest BCUT2D eigenvalue weighted by atomic mass is 10.1. The van der Waals surface area contributed by atoms with Crippen molar-refractivity contribution in [2.45, 2.75) is 13.3 Å². The summed E-state index contributed by atoms with van der Waals surface area (Å²) in [5.74, 6) is -1.86. The lowest BCUT2D eigenvalue weighted by Gasteiger charge is -2.08. The molecule has 2 aromatic rings. The third-order valence-corrected chi connectivity index (χ3v) is 4.08. The Morgan fingerprint density at radius 2 is 1.72 bits per heavy atom. The quantitative estimate of drug-likeness (QED) is 0.296. The summed E-state index contributed by atoms with van der Waals surface area (Å²) in [4.78, 5) is 46.2. The van der Waals surface area contributed by atoms with E-state index in [1.807, 2.05) is 19.1 Å². The van der Waals surface area contributed by atoms with Gasteiger partial charge in [0.15, 0.2) is 18.1 Å². The van der Waals surface area contributed by atoms with E-state index in [9.17, 15) is 24.5 Å². The minimum Gasteiger partial charge on any atom is -0.490 e. The molecule has 0 fully saturated rings. The van der Waals surface area contributed by atoms with E-state index in [4.69, 9.17) is 9.47 Å². The molecule has 0 bridgehead atoms. The molecule has 0 saturated heterocycles. The molecule has 0 radical (unpaired) electrons. The fourth-order valence-electron chi connectivity index (χ4n) is 2.44. The number of nitrogens with zero attached hydrogens (tertiary/aromatic N) is 1. The van der Waals surface area contributed by atoms with Crippen molar-refractivity contribution >= 4 is 23.3 Å². The van der Waals surface area contributed by atoms with E-state index in [-0.39, 0.29) is 22.8 Å². The summed E-state index contributed by atoms with van der Waals surface area (Å²) in [6.45, 7) is 1.06. The molecule has 0 heterocycles. The van der Waals surface area contributed by atoms with Gasteiger partial charge in [-0.1, -0.05) is 31.2 Å². The minimum absolute atomic E-state index is 0.0106. The standard InChI is InChI=1S/C20H20N2O7/c1-3-13-4-6-14(7-5-13)17(23)12-29-19(24)11-21-20(25)15-8-9-18(28-2)16(10-15)22(26)27/h4-10H,3,11-12H2,1-2H3,(H,21,25). The summed E-state index contributed by atoms with van der Waals surface area (Å²) in [7, 11) is 1.28. The molecule has 29 heavy (non-hydrogen) atoms. The van der Waals surface area contributed by atoms with Crippen LogP contribution in [0, 0.1) is 10.1 Å². The Morgan fingerprint density at radius 1 is 1.07 bits per heavy atom. The number of aryl methyl sites for hydroxylation is 1. The van der Waals surface area contributed by atoms with Crippen LogP contribution in [-0.2, 0) is 16.0 Å². The minimum atomic E-state index is -0.806. The van der Waals surface area contributed by atoms with Gasteiger partial charge < -0.3 is 14.8 Å². The summed E-state index contributed by atoms with van der Waals surface area (Å²) in [6, 6.07) is 10.6. The van der Waals surface area contributed by atoms with Crippen LogP contribution >= 0.6 is 0 Å². The Balaban J connectivity index is 1.87. The number of Topliss-reactive ketones (excluding diaryl/α,β-unsaturated/α-hetero) is 1. The second-order valence-corrected chi connectivity index (χ2v) is 5.96. The molecule has 0 spiro atoms. The van der Waals surface area contributed by atoms with E-state index in [1.54, 1.807) is 12.1 Å². The van der Waals surface area contributed by atoms with Crippen molar-refractivity contribution in [2.24, 2.45) is 0 Å². The molecule has 0 unspecified atom stereocenters. The third-order valence-electron chi connectivity index (χ3n) is 4.08. The number of rotatable bonds is 9. The van der Waals surface area contributed by atoms with E-state index in [0.29, 0.717) is 5.56 Å². The van der Waals surface area contributed by atoms with Crippen molar-refractivity contribution in [3.8, 4) is 5.75 Å². The van der Waals surface area contributed by atoms with Crippen molar-refractivity contribution in [2.75, 3.05) is 20.3 Å². The molecule has 9 nitrogen and oxygen atoms in total. The number of methoxy groups -OCH3 is 1. The molecule has 0 aliphatic rings. The number of nitro benzene ring substituents is 1. The number of nitrogens with one attached hydrogen (secondary N) is 1. The number of hydrogen-bond donors (Lipinski definition) is 1. The Bertz CT molecular complexity index is 923. The zero-order valence-electron chi connectivity index (χ0n) is 16.0. The molecular formula is C20H20N2O7. The van der Waals surface area contributed by atoms with Gasteiger partial charge in [0.2, 0.25) is 0 Å². The molecule has 2 rings (SSSR count). The summed E-state index contributed by atoms with van der Waals surface area (Å²) in [5.41, 5.74) is 1.12. The van der Waals surface area contributed by atoms with E-state index in [2.05, 4.69) is 5.32 Å². The fourth-order valence-corrected chi connectivity index (χ4v) is 2.44. The van der Waals surface area contributed by atoms with Crippen LogP contribution in [0.3, 0.4) is 0 Å². The lowest BCUT2D eigenvalue weighted by Crippen LogP contribution is -2.31. The number of benzene rings is 2. The highest BCUT2D eigenvalue weighted by Crippen LogP contribution is 2.27. The highest BCUT2D eigenvalue weighted by Gasteiger charge is 2.19. The lowest BCUT2D eigenvalue weighted by molar-refractivity contribution is -0.385. The molecule has 2 aromatic carbocycles. The van der Waals surface area contributed by atoms with Crippen molar-refractivity contribution in [3.63, 3.8) is 0 Å². The first-order chi connectivity index (χ1) is 13.8. The van der Waals surface area contributed by atoms with Gasteiger partial charge in [-0.15, -0.1) is 0 Å². The number of carbonyl (C=O) groups excluding carboxylic acids is 3. The average molecular weight is 400 g/mol. The van der Waals surface area contributed by atoms with E-state index < -0.39 is 30.0 Å². The molecule has 0 saturated carbocycles. The number of ketones is 1. The van der Waals surface area contributed by atoms with Gasteiger partial charge in [0.25, 0.3) is 5.91 Å². The SMILES string of the molecule is CCc1ccc(C(=O)COC(=O)CNC(=O)c2ccc(OC)c([N+](=O)[O-])c2)cc1. The van der Waals surface area contributed by atoms with Crippen molar-refractivity contribution in [3.05, 3.63) is 69.3 Å². The van der Waals surface area contributed by atoms with Crippen LogP contribution in [-0.4, -0.2) is 42.8 Å². The number of carbonyl (C=O) groups is 3. The number of amides is 1. The number of nitro groups is 1. The van der Waals surface area contributed by atoms with Gasteiger partial charge in [0.05, 0.1) is 12.0 Å². The van der Waals surface area contributed by atoms with Crippen molar-refractivity contribution < 1.29 is 28.8 Å². The van der Waals surface area contributed by atoms with Gasteiger partial charge in [-0.05, 0) is 24.1 Å². The molecule has 0 aromatic heterocycles. The molecule has 152 valence electrons. The largest absolute Gasteiger partial charge is 0.490 e. The number of hydrogen-bond acceptors (Lipinski definition) is 7. The Hall–Kier alpha value is -3.75. The van der Waals surface area contributed by atoms with E-state index in [0.717, 1.165) is 18.1 Å². The number of ether oxygens (including phenoxy) is 2. The van der Waals surface area contributed by atoms with Gasteiger partial charge >= 0.3 is 11.7 Å². The van der Waals surface area contributed by atoms with Crippen molar-refractivity contribution in [1.82, 2.24) is 5.32 Å². The van der Waals surface area contributed by atoms with Crippen LogP contribution in [0.1, 0.15) is 33.2 Å². The summed E-state index contributed by atoms with van der Waals surface area (Å²) in [5, 5.41) is 13.3. The Labute approximate surface area is 166 Å². The average Bonchev–Trinajstić information content (AvgIpc) is 2.75. The first-order valence-electron chi connectivity index (χ1n) is 8.74. The summed E-state index contributed by atoms with van der Waals surface area (Å²) in [6.07, 6.45) is 0.848. The second kappa shape index (κ2) is 9.98. The highest BCUT2D eigenvalue weighted by molar-refractivity contribution is 5.99. The molecule has 0 aliphatic carbocycles. The molecule has 9 heteroatoms. The zero-order valence-corrected chi connectivity index (χ0v) is 16.0. The van der Waals surface area contributed by atoms with E-state index in [1.165, 1.54) is 19.2 Å². The monoisotopic (exact) mass is 400 g/mol. The van der Waals surface area contributed by atoms with Crippen LogP contribution < -0.4 is 10.1 Å². The summed E-state index contributed by atoms with van der Waals surface area (Å²) >= 11 is 0. The van der Waals surface area contributed by atoms with Crippen LogP contribution in [0.5, 0.6) is 5.75 Å². The number of esters is 1. The van der Waals surface area contributed by atoms with Gasteiger partial charge in [-0.25, -0.2) is 0 Å². The first-order valence-corrected chi connectivity index (χ1v) is 8.74. The predicted octanol–water partition coefficient (Wildman–Crippen LogP) is 2.32. The molecule has 1 amide bonds. The maximum absolute atomic E-state index is 12.1. The summed E-state index contributed by atoms with van der Waals surface area (Å²) < 4.78 is 9.73. The molecule has 1 N–H and O–H groups in total. The van der Waals surface area contributed by atoms with Gasteiger partial charge in [-0.2, -0.15) is 0 Å². The van der Waals surface area contributed by atoms with Gasteiger partial charge in [0, 0.05) is 17.2 Å². The van der Waals surface area contributed by atoms with Crippen LogP contribution in [0.4, 0.5) is 5.69 Å². The van der Waals surface area contributed by atoms with Crippen molar-refractivity contribution in [1.29, 1.82) is 0 Å². The Kier molecular flexibility index (Phi) is 7.41. The topological polar surface area (TPSA) is 125 Å². The first kappa shape index (κ1) is 21.5. The molecule has 0 aliphatic heterocycles. The predicted molar refractivity (Wildman–Crippen MR) is 103 cm³/mol. The normalized spacial score (nSPS) is 10.1. The second-order valence-electron chi connectivity index (χ2n) is 5.96. The fraction of sp³-hybridized carbons (Fsp3) is 0.250. The zero-order chi connectivity index (χ0) is 21.4. The Morgan fingerprint density at radius 3 is 2.31 bits per heavy atom. The van der Waals surface area contributed by atoms with Gasteiger partial charge in [0.1, 0.15) is 6.54 Å². The maximum Gasteiger partial charge on any atom is 0.325 e. The van der Waals surface area contributed by atoms with Gasteiger partial charge in [-0.3, -0.25) is 24.5 Å². The van der Waals surface area contributed by atoms with Crippen LogP contribution in [0.25, 0.3) is 0 Å². The van der Waals surface area contributed by atoms with Crippen LogP contribution in [0.2, 0.25) is 0 Å².